The van der Waals surface area contributed by atoms with Crippen molar-refractivity contribution < 1.29 is 24.6 Å². The number of benzene rings is 1. The largest absolute Gasteiger partial charge is 0.480 e. The molecule has 1 aromatic carbocycles. The first-order valence-corrected chi connectivity index (χ1v) is 5.81. The minimum atomic E-state index is -1.29. The zero-order valence-corrected chi connectivity index (χ0v) is 11.9. The molecule has 116 valence electrons. The van der Waals surface area contributed by atoms with Crippen LogP contribution in [0, 0.1) is 0 Å². The average molecular weight is 326 g/mol. The molecule has 22 heavy (non-hydrogen) atoms. The molecule has 2 rings (SSSR count). The van der Waals surface area contributed by atoms with Crippen LogP contribution in [-0.2, 0) is 4.79 Å². The number of carboxylic acids is 2. The van der Waals surface area contributed by atoms with Crippen LogP contribution in [0.4, 0.5) is 0 Å². The van der Waals surface area contributed by atoms with Crippen LogP contribution in [-0.4, -0.2) is 44.6 Å². The maximum Gasteiger partial charge on any atom is 0.354 e. The first-order valence-electron chi connectivity index (χ1n) is 5.81. The molecule has 8 nitrogen and oxygen atoms in total. The maximum atomic E-state index is 12.2. The van der Waals surface area contributed by atoms with Crippen molar-refractivity contribution in [3.63, 3.8) is 0 Å². The van der Waals surface area contributed by atoms with Crippen molar-refractivity contribution >= 4 is 41.0 Å². The van der Waals surface area contributed by atoms with Crippen LogP contribution in [0.25, 0.3) is 10.8 Å². The predicted molar refractivity (Wildman–Crippen MR) is 78.8 cm³/mol. The molecule has 0 aliphatic heterocycles. The number of carbonyl (C=O) groups excluding carboxylic acids is 1. The second-order valence-electron chi connectivity index (χ2n) is 4.21. The fourth-order valence-electron chi connectivity index (χ4n) is 1.82. The number of pyridine rings is 1. The Hall–Kier alpha value is -2.71. The van der Waals surface area contributed by atoms with Gasteiger partial charge in [-0.15, -0.1) is 12.4 Å². The zero-order valence-electron chi connectivity index (χ0n) is 11.1. The highest BCUT2D eigenvalue weighted by Crippen LogP contribution is 2.19. The highest BCUT2D eigenvalue weighted by atomic mass is 35.5. The number of hydrogen-bond acceptors (Lipinski definition) is 5. The summed E-state index contributed by atoms with van der Waals surface area (Å²) in [6.45, 7) is -0.716. The average Bonchev–Trinajstić information content (AvgIpc) is 2.44. The molecule has 0 unspecified atom stereocenters. The zero-order chi connectivity index (χ0) is 15.6. The lowest BCUT2D eigenvalue weighted by Gasteiger charge is -2.15. The van der Waals surface area contributed by atoms with Gasteiger partial charge in [0.05, 0.1) is 0 Å². The van der Waals surface area contributed by atoms with Gasteiger partial charge in [0.2, 0.25) is 0 Å². The molecule has 1 heterocycles. The summed E-state index contributed by atoms with van der Waals surface area (Å²) in [7, 11) is 0. The normalized spacial score (nSPS) is 9.86. The number of amides is 1. The Labute approximate surface area is 130 Å². The third-order valence-corrected chi connectivity index (χ3v) is 2.73. The Bertz CT molecular complexity index is 750. The summed E-state index contributed by atoms with van der Waals surface area (Å²) in [6, 6.07) is 7.86. The van der Waals surface area contributed by atoms with Crippen molar-refractivity contribution in [2.24, 2.45) is 5.84 Å². The third-order valence-electron chi connectivity index (χ3n) is 2.73. The van der Waals surface area contributed by atoms with E-state index in [0.29, 0.717) is 15.8 Å². The monoisotopic (exact) mass is 325 g/mol. The number of rotatable bonds is 4. The van der Waals surface area contributed by atoms with E-state index in [-0.39, 0.29) is 23.8 Å². The molecular weight excluding hydrogens is 314 g/mol. The van der Waals surface area contributed by atoms with Crippen LogP contribution in [0.15, 0.2) is 30.3 Å². The number of hydrazine groups is 1. The van der Waals surface area contributed by atoms with Gasteiger partial charge in [0.1, 0.15) is 17.9 Å². The third kappa shape index (κ3) is 3.48. The summed E-state index contributed by atoms with van der Waals surface area (Å²) < 4.78 is 0. The minimum Gasteiger partial charge on any atom is -0.480 e. The van der Waals surface area contributed by atoms with Gasteiger partial charge in [-0.05, 0) is 11.5 Å². The molecule has 1 aromatic heterocycles. The van der Waals surface area contributed by atoms with Crippen molar-refractivity contribution in [3.8, 4) is 0 Å². The topological polar surface area (TPSA) is 134 Å². The summed E-state index contributed by atoms with van der Waals surface area (Å²) in [6.07, 6.45) is 0. The van der Waals surface area contributed by atoms with Crippen LogP contribution < -0.4 is 5.84 Å². The van der Waals surface area contributed by atoms with Gasteiger partial charge < -0.3 is 10.2 Å². The van der Waals surface area contributed by atoms with E-state index in [1.54, 1.807) is 24.3 Å². The number of hydrogen-bond donors (Lipinski definition) is 3. The molecule has 0 spiro atoms. The number of aromatic carboxylic acids is 1. The van der Waals surface area contributed by atoms with E-state index in [1.165, 1.54) is 6.07 Å². The number of nitrogens with zero attached hydrogens (tertiary/aromatic N) is 2. The first kappa shape index (κ1) is 17.3. The summed E-state index contributed by atoms with van der Waals surface area (Å²) in [5, 5.41) is 19.0. The summed E-state index contributed by atoms with van der Waals surface area (Å²) in [4.78, 5) is 37.6. The lowest BCUT2D eigenvalue weighted by atomic mass is 10.1. The van der Waals surface area contributed by atoms with Gasteiger partial charge in [-0.2, -0.15) is 0 Å². The number of carbonyl (C=O) groups is 3. The Kier molecular flexibility index (Phi) is 5.39. The fourth-order valence-corrected chi connectivity index (χ4v) is 1.82. The van der Waals surface area contributed by atoms with E-state index in [2.05, 4.69) is 4.98 Å². The number of nitrogens with two attached hydrogens (primary N) is 1. The molecule has 9 heteroatoms. The van der Waals surface area contributed by atoms with Crippen LogP contribution in [0.1, 0.15) is 21.0 Å². The molecular formula is C13H12ClN3O5. The molecule has 4 N–H and O–H groups in total. The van der Waals surface area contributed by atoms with Gasteiger partial charge in [0, 0.05) is 5.39 Å². The number of halogens is 1. The van der Waals surface area contributed by atoms with Crippen LogP contribution >= 0.6 is 12.4 Å². The SMILES string of the molecule is Cl.NN(CC(=O)O)C(=O)c1nc(C(=O)O)cc2ccccc12. The summed E-state index contributed by atoms with van der Waals surface area (Å²) in [5.41, 5.74) is -0.518. The van der Waals surface area contributed by atoms with Gasteiger partial charge in [-0.3, -0.25) is 14.6 Å². The molecule has 0 saturated heterocycles. The molecule has 0 aliphatic carbocycles. The van der Waals surface area contributed by atoms with Crippen LogP contribution in [0.5, 0.6) is 0 Å². The van der Waals surface area contributed by atoms with Gasteiger partial charge in [-0.1, -0.05) is 24.3 Å². The lowest BCUT2D eigenvalue weighted by Crippen LogP contribution is -2.41. The van der Waals surface area contributed by atoms with Crippen LogP contribution in [0.3, 0.4) is 0 Å². The van der Waals surface area contributed by atoms with Crippen LogP contribution in [0.2, 0.25) is 0 Å². The van der Waals surface area contributed by atoms with Crippen molar-refractivity contribution in [2.45, 2.75) is 0 Å². The smallest absolute Gasteiger partial charge is 0.354 e. The quantitative estimate of drug-likeness (QED) is 0.429. The van der Waals surface area contributed by atoms with Crippen molar-refractivity contribution in [3.05, 3.63) is 41.7 Å². The molecule has 1 amide bonds. The number of aliphatic carboxylic acids is 1. The fraction of sp³-hybridized carbons (Fsp3) is 0.0769. The Morgan fingerprint density at radius 2 is 1.82 bits per heavy atom. The summed E-state index contributed by atoms with van der Waals surface area (Å²) in [5.74, 6) is 1.94. The van der Waals surface area contributed by atoms with Gasteiger partial charge in [0.25, 0.3) is 5.91 Å². The Balaban J connectivity index is 0.00000242. The lowest BCUT2D eigenvalue weighted by molar-refractivity contribution is -0.137. The molecule has 0 radical (unpaired) electrons. The summed E-state index contributed by atoms with van der Waals surface area (Å²) >= 11 is 0. The molecule has 0 fully saturated rings. The van der Waals surface area contributed by atoms with E-state index < -0.39 is 24.4 Å². The molecule has 2 aromatic rings. The minimum absolute atomic E-state index is 0. The van der Waals surface area contributed by atoms with E-state index in [9.17, 15) is 14.4 Å². The second kappa shape index (κ2) is 6.83. The van der Waals surface area contributed by atoms with Crippen molar-refractivity contribution in [1.82, 2.24) is 9.99 Å². The van der Waals surface area contributed by atoms with E-state index in [4.69, 9.17) is 16.1 Å². The Morgan fingerprint density at radius 3 is 2.41 bits per heavy atom. The van der Waals surface area contributed by atoms with Gasteiger partial charge in [0.15, 0.2) is 0 Å². The number of aromatic nitrogens is 1. The molecule has 0 aliphatic rings. The number of carboxylic acid groups (broad SMARTS) is 2. The highest BCUT2D eigenvalue weighted by Gasteiger charge is 2.21. The van der Waals surface area contributed by atoms with E-state index in [0.717, 1.165) is 0 Å². The first-order chi connectivity index (χ1) is 9.90. The molecule has 0 saturated carbocycles. The van der Waals surface area contributed by atoms with Crippen molar-refractivity contribution in [2.75, 3.05) is 6.54 Å². The number of fused-ring (bicyclic) bond motifs is 1. The van der Waals surface area contributed by atoms with Gasteiger partial charge >= 0.3 is 11.9 Å². The Morgan fingerprint density at radius 1 is 1.18 bits per heavy atom. The predicted octanol–water partition coefficient (Wildman–Crippen LogP) is 0.755. The van der Waals surface area contributed by atoms with E-state index in [1.807, 2.05) is 0 Å². The standard InChI is InChI=1S/C13H11N3O5.ClH/c14-16(6-10(17)18)12(19)11-8-4-2-1-3-7(8)5-9(15-11)13(20)21;/h1-5H,6,14H2,(H,17,18)(H,20,21);1H. The molecule has 0 bridgehead atoms. The van der Waals surface area contributed by atoms with E-state index >= 15 is 0 Å². The highest BCUT2D eigenvalue weighted by molar-refractivity contribution is 6.07. The van der Waals surface area contributed by atoms with Gasteiger partial charge in [-0.25, -0.2) is 15.6 Å². The molecule has 0 atom stereocenters. The second-order valence-corrected chi connectivity index (χ2v) is 4.21. The van der Waals surface area contributed by atoms with Crippen molar-refractivity contribution in [1.29, 1.82) is 0 Å². The maximum absolute atomic E-state index is 12.2.